The fraction of sp³-hybridized carbons (Fsp3) is 0.667. The van der Waals surface area contributed by atoms with Gasteiger partial charge in [-0.1, -0.05) is 20.8 Å². The van der Waals surface area contributed by atoms with E-state index < -0.39 is 12.0 Å². The zero-order valence-electron chi connectivity index (χ0n) is 10.3. The van der Waals surface area contributed by atoms with Crippen molar-refractivity contribution < 1.29 is 9.90 Å². The maximum atomic E-state index is 11.3. The smallest absolute Gasteiger partial charge is 0.326 e. The molecule has 4 nitrogen and oxygen atoms in total. The van der Waals surface area contributed by atoms with Crippen LogP contribution in [-0.2, 0) is 16.6 Å². The number of aromatic nitrogens is 2. The average Bonchev–Trinajstić information content (AvgIpc) is 2.56. The Bertz CT molecular complexity index is 460. The van der Waals surface area contributed by atoms with Gasteiger partial charge in [0.05, 0.1) is 5.69 Å². The Morgan fingerprint density at radius 3 is 2.71 bits per heavy atom. The van der Waals surface area contributed by atoms with E-state index in [1.807, 2.05) is 4.57 Å². The van der Waals surface area contributed by atoms with Gasteiger partial charge in [-0.05, 0) is 35.2 Å². The van der Waals surface area contributed by atoms with E-state index in [1.54, 1.807) is 0 Å². The van der Waals surface area contributed by atoms with Gasteiger partial charge in [0.15, 0.2) is 0 Å². The van der Waals surface area contributed by atoms with Crippen molar-refractivity contribution in [1.29, 1.82) is 0 Å². The topological polar surface area (TPSA) is 55.1 Å². The summed E-state index contributed by atoms with van der Waals surface area (Å²) in [5.41, 5.74) is 0.875. The zero-order chi connectivity index (χ0) is 12.8. The summed E-state index contributed by atoms with van der Waals surface area (Å²) >= 11 is 3.45. The van der Waals surface area contributed by atoms with Crippen LogP contribution in [0, 0.1) is 0 Å². The number of imidazole rings is 1. The Morgan fingerprint density at radius 2 is 2.18 bits per heavy atom. The molecule has 0 saturated heterocycles. The van der Waals surface area contributed by atoms with Crippen LogP contribution >= 0.6 is 15.9 Å². The maximum Gasteiger partial charge on any atom is 0.326 e. The minimum atomic E-state index is -0.763. The second-order valence-corrected chi connectivity index (χ2v) is 6.29. The molecular weight excluding hydrogens is 284 g/mol. The van der Waals surface area contributed by atoms with Gasteiger partial charge in [-0.15, -0.1) is 0 Å². The van der Waals surface area contributed by atoms with E-state index in [2.05, 4.69) is 41.7 Å². The van der Waals surface area contributed by atoms with Crippen molar-refractivity contribution in [3.63, 3.8) is 0 Å². The normalized spacial score (nSPS) is 20.1. The summed E-state index contributed by atoms with van der Waals surface area (Å²) in [6, 6.07) is -0.466. The Labute approximate surface area is 109 Å². The van der Waals surface area contributed by atoms with Crippen molar-refractivity contribution in [2.75, 3.05) is 0 Å². The molecule has 0 amide bonds. The number of carboxylic acid groups (broad SMARTS) is 1. The fourth-order valence-corrected chi connectivity index (χ4v) is 2.91. The Morgan fingerprint density at radius 1 is 1.53 bits per heavy atom. The highest BCUT2D eigenvalue weighted by Crippen LogP contribution is 2.35. The van der Waals surface area contributed by atoms with Crippen molar-refractivity contribution in [2.45, 2.75) is 51.5 Å². The predicted octanol–water partition coefficient (Wildman–Crippen LogP) is 2.91. The number of fused-ring (bicyclic) bond motifs is 1. The molecule has 0 aromatic carbocycles. The van der Waals surface area contributed by atoms with E-state index in [1.165, 1.54) is 0 Å². The molecule has 1 aromatic rings. The van der Waals surface area contributed by atoms with E-state index in [0.717, 1.165) is 29.0 Å². The van der Waals surface area contributed by atoms with E-state index in [0.29, 0.717) is 6.42 Å². The van der Waals surface area contributed by atoms with Gasteiger partial charge in [0.2, 0.25) is 0 Å². The number of hydrogen-bond donors (Lipinski definition) is 1. The van der Waals surface area contributed by atoms with E-state index in [9.17, 15) is 9.90 Å². The molecular formula is C12H17BrN2O2. The molecule has 1 unspecified atom stereocenters. The third kappa shape index (κ3) is 2.12. The molecule has 5 heteroatoms. The first-order chi connectivity index (χ1) is 7.82. The van der Waals surface area contributed by atoms with Crippen LogP contribution < -0.4 is 0 Å². The highest BCUT2D eigenvalue weighted by molar-refractivity contribution is 9.10. The highest BCUT2D eigenvalue weighted by Gasteiger charge is 2.34. The first-order valence-electron chi connectivity index (χ1n) is 5.82. The third-order valence-corrected chi connectivity index (χ3v) is 3.75. The SMILES string of the molecule is CC(C)(C)c1nc(Br)c2n1C(C(=O)O)CCC2. The van der Waals surface area contributed by atoms with E-state index >= 15 is 0 Å². The van der Waals surface area contributed by atoms with Gasteiger partial charge >= 0.3 is 5.97 Å². The van der Waals surface area contributed by atoms with Gasteiger partial charge in [-0.25, -0.2) is 9.78 Å². The van der Waals surface area contributed by atoms with Crippen LogP contribution in [0.2, 0.25) is 0 Å². The van der Waals surface area contributed by atoms with Gasteiger partial charge in [0.1, 0.15) is 16.5 Å². The summed E-state index contributed by atoms with van der Waals surface area (Å²) in [5.74, 6) is 0.0906. The lowest BCUT2D eigenvalue weighted by Gasteiger charge is -2.28. The van der Waals surface area contributed by atoms with Crippen molar-refractivity contribution in [3.05, 3.63) is 16.1 Å². The molecule has 0 saturated carbocycles. The van der Waals surface area contributed by atoms with Gasteiger partial charge in [0.25, 0.3) is 0 Å². The number of carboxylic acids is 1. The van der Waals surface area contributed by atoms with Crippen LogP contribution in [0.25, 0.3) is 0 Å². The van der Waals surface area contributed by atoms with E-state index in [4.69, 9.17) is 0 Å². The van der Waals surface area contributed by atoms with Crippen LogP contribution in [0.3, 0.4) is 0 Å². The number of aliphatic carboxylic acids is 1. The van der Waals surface area contributed by atoms with Crippen LogP contribution in [0.1, 0.15) is 51.2 Å². The van der Waals surface area contributed by atoms with Crippen LogP contribution in [-0.4, -0.2) is 20.6 Å². The second kappa shape index (κ2) is 4.12. The average molecular weight is 301 g/mol. The summed E-state index contributed by atoms with van der Waals surface area (Å²) in [6.07, 6.45) is 2.49. The molecule has 0 spiro atoms. The first kappa shape index (κ1) is 12.6. The molecule has 1 aliphatic rings. The lowest BCUT2D eigenvalue weighted by Crippen LogP contribution is -2.30. The minimum absolute atomic E-state index is 0.147. The van der Waals surface area contributed by atoms with Crippen molar-refractivity contribution in [3.8, 4) is 0 Å². The second-order valence-electron chi connectivity index (χ2n) is 5.54. The van der Waals surface area contributed by atoms with Crippen molar-refractivity contribution in [2.24, 2.45) is 0 Å². The zero-order valence-corrected chi connectivity index (χ0v) is 11.9. The number of carbonyl (C=O) groups is 1. The van der Waals surface area contributed by atoms with Gasteiger partial charge in [-0.2, -0.15) is 0 Å². The van der Waals surface area contributed by atoms with Crippen LogP contribution in [0.5, 0.6) is 0 Å². The molecule has 2 rings (SSSR count). The largest absolute Gasteiger partial charge is 0.480 e. The molecule has 1 N–H and O–H groups in total. The summed E-state index contributed by atoms with van der Waals surface area (Å²) in [6.45, 7) is 6.17. The van der Waals surface area contributed by atoms with Gasteiger partial charge in [-0.3, -0.25) is 0 Å². The van der Waals surface area contributed by atoms with E-state index in [-0.39, 0.29) is 5.41 Å². The summed E-state index contributed by atoms with van der Waals surface area (Å²) in [5, 5.41) is 9.32. The van der Waals surface area contributed by atoms with Crippen LogP contribution in [0.4, 0.5) is 0 Å². The molecule has 2 heterocycles. The molecule has 0 bridgehead atoms. The fourth-order valence-electron chi connectivity index (χ4n) is 2.35. The summed E-state index contributed by atoms with van der Waals surface area (Å²) in [7, 11) is 0. The molecule has 94 valence electrons. The predicted molar refractivity (Wildman–Crippen MR) is 68.2 cm³/mol. The van der Waals surface area contributed by atoms with Crippen molar-refractivity contribution >= 4 is 21.9 Å². The Balaban J connectivity index is 2.61. The Kier molecular flexibility index (Phi) is 3.06. The minimum Gasteiger partial charge on any atom is -0.480 e. The highest BCUT2D eigenvalue weighted by atomic mass is 79.9. The number of halogens is 1. The molecule has 1 atom stereocenters. The standard InChI is InChI=1S/C12H17BrN2O2/c1-12(2,3)11-14-9(13)7-5-4-6-8(10(16)17)15(7)11/h8H,4-6H2,1-3H3,(H,16,17). The number of nitrogens with zero attached hydrogens (tertiary/aromatic N) is 2. The monoisotopic (exact) mass is 300 g/mol. The third-order valence-electron chi connectivity index (χ3n) is 3.12. The first-order valence-corrected chi connectivity index (χ1v) is 6.61. The Hall–Kier alpha value is -0.840. The van der Waals surface area contributed by atoms with Crippen LogP contribution in [0.15, 0.2) is 4.60 Å². The quantitative estimate of drug-likeness (QED) is 0.867. The maximum absolute atomic E-state index is 11.3. The molecule has 1 aromatic heterocycles. The summed E-state index contributed by atoms with van der Waals surface area (Å²) in [4.78, 5) is 15.9. The number of hydrogen-bond acceptors (Lipinski definition) is 2. The molecule has 0 fully saturated rings. The van der Waals surface area contributed by atoms with Gasteiger partial charge < -0.3 is 9.67 Å². The van der Waals surface area contributed by atoms with Gasteiger partial charge in [0, 0.05) is 5.41 Å². The molecule has 1 aliphatic heterocycles. The lowest BCUT2D eigenvalue weighted by atomic mass is 9.94. The van der Waals surface area contributed by atoms with Crippen molar-refractivity contribution in [1.82, 2.24) is 9.55 Å². The summed E-state index contributed by atoms with van der Waals surface area (Å²) < 4.78 is 2.71. The number of rotatable bonds is 1. The molecule has 0 aliphatic carbocycles. The molecule has 17 heavy (non-hydrogen) atoms. The lowest BCUT2D eigenvalue weighted by molar-refractivity contribution is -0.141. The molecule has 0 radical (unpaired) electrons.